The van der Waals surface area contributed by atoms with Gasteiger partial charge >= 0.3 is 5.97 Å². The van der Waals surface area contributed by atoms with Gasteiger partial charge in [0.15, 0.2) is 6.61 Å². The van der Waals surface area contributed by atoms with Gasteiger partial charge in [-0.25, -0.2) is 4.39 Å². The molecule has 1 N–H and O–H groups in total. The third-order valence-electron chi connectivity index (χ3n) is 4.14. The third-order valence-corrected chi connectivity index (χ3v) is 5.15. The van der Waals surface area contributed by atoms with Gasteiger partial charge in [-0.05, 0) is 66.8 Å². The molecule has 6 heteroatoms. The summed E-state index contributed by atoms with van der Waals surface area (Å²) >= 11 is 1.44. The van der Waals surface area contributed by atoms with Crippen LogP contribution in [0.2, 0.25) is 0 Å². The van der Waals surface area contributed by atoms with E-state index < -0.39 is 5.97 Å². The summed E-state index contributed by atoms with van der Waals surface area (Å²) in [5.74, 6) is -0.550. The number of esters is 1. The van der Waals surface area contributed by atoms with Crippen molar-refractivity contribution in [3.8, 4) is 0 Å². The first-order chi connectivity index (χ1) is 12.6. The lowest BCUT2D eigenvalue weighted by Crippen LogP contribution is -2.21. The zero-order valence-corrected chi connectivity index (χ0v) is 15.1. The molecule has 0 atom stereocenters. The first-order valence-corrected chi connectivity index (χ1v) is 9.54. The fraction of sp³-hybridized carbons (Fsp3) is 0.300. The van der Waals surface area contributed by atoms with Gasteiger partial charge < -0.3 is 10.1 Å². The lowest BCUT2D eigenvalue weighted by molar-refractivity contribution is -0.146. The van der Waals surface area contributed by atoms with Crippen molar-refractivity contribution in [2.75, 3.05) is 17.7 Å². The summed E-state index contributed by atoms with van der Waals surface area (Å²) < 4.78 is 17.8. The first-order valence-electron chi connectivity index (χ1n) is 8.56. The molecule has 26 heavy (non-hydrogen) atoms. The largest absolute Gasteiger partial charge is 0.456 e. The zero-order chi connectivity index (χ0) is 18.4. The maximum absolute atomic E-state index is 12.8. The van der Waals surface area contributed by atoms with E-state index in [-0.39, 0.29) is 24.8 Å². The number of hydrogen-bond acceptors (Lipinski definition) is 4. The Morgan fingerprint density at radius 3 is 2.65 bits per heavy atom. The molecular weight excluding hydrogens is 353 g/mol. The van der Waals surface area contributed by atoms with Gasteiger partial charge in [-0.2, -0.15) is 0 Å². The molecular formula is C20H20FNO3S. The number of anilines is 1. The summed E-state index contributed by atoms with van der Waals surface area (Å²) in [6, 6.07) is 12.0. The highest BCUT2D eigenvalue weighted by molar-refractivity contribution is 7.99. The Kier molecular flexibility index (Phi) is 6.28. The monoisotopic (exact) mass is 373 g/mol. The van der Waals surface area contributed by atoms with E-state index in [0.29, 0.717) is 5.75 Å². The van der Waals surface area contributed by atoms with Crippen molar-refractivity contribution < 1.29 is 18.7 Å². The fourth-order valence-corrected chi connectivity index (χ4v) is 3.68. The number of hydrogen-bond donors (Lipinski definition) is 1. The average molecular weight is 373 g/mol. The molecule has 2 aromatic carbocycles. The highest BCUT2D eigenvalue weighted by Crippen LogP contribution is 2.24. The molecule has 1 aliphatic carbocycles. The summed E-state index contributed by atoms with van der Waals surface area (Å²) in [5, 5.41) is 2.76. The van der Waals surface area contributed by atoms with Crippen LogP contribution in [-0.2, 0) is 27.2 Å². The van der Waals surface area contributed by atoms with Gasteiger partial charge in [0, 0.05) is 16.3 Å². The first kappa shape index (κ1) is 18.5. The lowest BCUT2D eigenvalue weighted by atomic mass is 10.1. The molecule has 0 unspecified atom stereocenters. The lowest BCUT2D eigenvalue weighted by Gasteiger charge is -2.08. The molecule has 1 amide bonds. The topological polar surface area (TPSA) is 55.4 Å². The van der Waals surface area contributed by atoms with Gasteiger partial charge in [-0.3, -0.25) is 9.59 Å². The Balaban J connectivity index is 1.36. The van der Waals surface area contributed by atoms with Gasteiger partial charge in [0.05, 0.1) is 6.42 Å². The van der Waals surface area contributed by atoms with Crippen LogP contribution in [-0.4, -0.2) is 24.2 Å². The number of fused-ring (bicyclic) bond motifs is 1. The van der Waals surface area contributed by atoms with E-state index in [1.807, 2.05) is 18.2 Å². The summed E-state index contributed by atoms with van der Waals surface area (Å²) in [4.78, 5) is 24.5. The van der Waals surface area contributed by atoms with Gasteiger partial charge in [-0.15, -0.1) is 11.8 Å². The summed E-state index contributed by atoms with van der Waals surface area (Å²) in [5.41, 5.74) is 3.35. The molecule has 0 fully saturated rings. The van der Waals surface area contributed by atoms with Crippen LogP contribution >= 0.6 is 11.8 Å². The van der Waals surface area contributed by atoms with Gasteiger partial charge in [0.25, 0.3) is 5.91 Å². The number of amides is 1. The Bertz CT molecular complexity index is 792. The van der Waals surface area contributed by atoms with Gasteiger partial charge in [-0.1, -0.05) is 6.07 Å². The second-order valence-electron chi connectivity index (χ2n) is 6.10. The normalized spacial score (nSPS) is 12.5. The quantitative estimate of drug-likeness (QED) is 0.589. The minimum atomic E-state index is -0.427. The summed E-state index contributed by atoms with van der Waals surface area (Å²) in [7, 11) is 0. The smallest absolute Gasteiger partial charge is 0.307 e. The number of carbonyl (C=O) groups is 2. The number of benzene rings is 2. The summed E-state index contributed by atoms with van der Waals surface area (Å²) in [6.45, 7) is -0.295. The molecule has 0 saturated heterocycles. The number of carbonyl (C=O) groups excluding carboxylic acids is 2. The van der Waals surface area contributed by atoms with Crippen molar-refractivity contribution in [1.29, 1.82) is 0 Å². The standard InChI is InChI=1S/C20H20FNO3S/c21-16-5-8-18(9-6-16)26-11-10-20(24)25-13-19(23)22-17-7-4-14-2-1-3-15(14)12-17/h4-9,12H,1-3,10-11,13H2,(H,22,23). The molecule has 0 spiro atoms. The van der Waals surface area contributed by atoms with Crippen molar-refractivity contribution in [2.24, 2.45) is 0 Å². The zero-order valence-electron chi connectivity index (χ0n) is 14.3. The number of rotatable bonds is 7. The van der Waals surface area contributed by atoms with Crippen LogP contribution in [0.3, 0.4) is 0 Å². The van der Waals surface area contributed by atoms with Crippen LogP contribution < -0.4 is 5.32 Å². The van der Waals surface area contributed by atoms with Crippen molar-refractivity contribution in [2.45, 2.75) is 30.6 Å². The highest BCUT2D eigenvalue weighted by atomic mass is 32.2. The minimum absolute atomic E-state index is 0.189. The number of nitrogens with one attached hydrogen (secondary N) is 1. The third kappa shape index (κ3) is 5.33. The molecule has 0 bridgehead atoms. The van der Waals surface area contributed by atoms with Crippen LogP contribution in [0.4, 0.5) is 10.1 Å². The molecule has 4 nitrogen and oxygen atoms in total. The Hall–Kier alpha value is -2.34. The van der Waals surface area contributed by atoms with Gasteiger partial charge in [0.1, 0.15) is 5.82 Å². The molecule has 0 saturated carbocycles. The second-order valence-corrected chi connectivity index (χ2v) is 7.27. The number of aryl methyl sites for hydroxylation is 2. The van der Waals surface area contributed by atoms with Crippen molar-refractivity contribution in [3.63, 3.8) is 0 Å². The van der Waals surface area contributed by atoms with Crippen molar-refractivity contribution in [1.82, 2.24) is 0 Å². The molecule has 136 valence electrons. The second kappa shape index (κ2) is 8.85. The van der Waals surface area contributed by atoms with E-state index >= 15 is 0 Å². The maximum Gasteiger partial charge on any atom is 0.307 e. The van der Waals surface area contributed by atoms with Crippen LogP contribution in [0, 0.1) is 5.82 Å². The number of halogens is 1. The molecule has 1 aliphatic rings. The molecule has 2 aromatic rings. The predicted octanol–water partition coefficient (Wildman–Crippen LogP) is 3.98. The Morgan fingerprint density at radius 2 is 1.85 bits per heavy atom. The van der Waals surface area contributed by atoms with E-state index in [1.54, 1.807) is 12.1 Å². The van der Waals surface area contributed by atoms with Crippen LogP contribution in [0.15, 0.2) is 47.4 Å². The SMILES string of the molecule is O=C(COC(=O)CCSc1ccc(F)cc1)Nc1ccc2c(c1)CCC2. The highest BCUT2D eigenvalue weighted by Gasteiger charge is 2.13. The van der Waals surface area contributed by atoms with Crippen molar-refractivity contribution in [3.05, 3.63) is 59.4 Å². The van der Waals surface area contributed by atoms with E-state index in [0.717, 1.165) is 29.8 Å². The molecule has 0 aliphatic heterocycles. The summed E-state index contributed by atoms with van der Waals surface area (Å²) in [6.07, 6.45) is 3.48. The molecule has 3 rings (SSSR count). The Labute approximate surface area is 156 Å². The van der Waals surface area contributed by atoms with E-state index in [9.17, 15) is 14.0 Å². The number of ether oxygens (including phenoxy) is 1. The van der Waals surface area contributed by atoms with Crippen LogP contribution in [0.5, 0.6) is 0 Å². The maximum atomic E-state index is 12.8. The average Bonchev–Trinajstić information content (AvgIpc) is 3.09. The molecule has 0 aromatic heterocycles. The number of thioether (sulfide) groups is 1. The van der Waals surface area contributed by atoms with E-state index in [4.69, 9.17) is 4.74 Å². The molecule has 0 heterocycles. The fourth-order valence-electron chi connectivity index (χ4n) is 2.85. The van der Waals surface area contributed by atoms with E-state index in [2.05, 4.69) is 5.32 Å². The van der Waals surface area contributed by atoms with Crippen LogP contribution in [0.1, 0.15) is 24.0 Å². The minimum Gasteiger partial charge on any atom is -0.456 e. The molecule has 0 radical (unpaired) electrons. The van der Waals surface area contributed by atoms with Crippen LogP contribution in [0.25, 0.3) is 0 Å². The van der Waals surface area contributed by atoms with Crippen molar-refractivity contribution >= 4 is 29.3 Å². The Morgan fingerprint density at radius 1 is 1.08 bits per heavy atom. The van der Waals surface area contributed by atoms with E-state index in [1.165, 1.54) is 35.0 Å². The van der Waals surface area contributed by atoms with Gasteiger partial charge in [0.2, 0.25) is 0 Å². The predicted molar refractivity (Wildman–Crippen MR) is 99.8 cm³/mol.